The molecule has 8 nitrogen and oxygen atoms in total. The highest BCUT2D eigenvalue weighted by Crippen LogP contribution is 2.36. The van der Waals surface area contributed by atoms with E-state index in [-0.39, 0.29) is 11.9 Å². The lowest BCUT2D eigenvalue weighted by atomic mass is 9.99. The molecule has 0 spiro atoms. The standard InChI is InChI=1S/C30H36FN7O/c1-20-25(31)9-8-21-5-3-7-27(28(20)21)37-15-11-24-26(18-37)34-30(39-19-23-6-4-14-36(23)2)35-29(24)38-16-13-33-22(17-38)10-12-32/h3,5,7-9,22-23,33H,4,6,10-11,13-19H2,1-2H3/t22-,23-/m0/s1. The van der Waals surface area contributed by atoms with Gasteiger partial charge in [-0.1, -0.05) is 18.2 Å². The molecule has 0 radical (unpaired) electrons. The van der Waals surface area contributed by atoms with Crippen LogP contribution in [0.2, 0.25) is 0 Å². The van der Waals surface area contributed by atoms with E-state index in [1.165, 1.54) is 6.42 Å². The third-order valence-corrected chi connectivity index (χ3v) is 8.55. The Bertz CT molecular complexity index is 1410. The molecule has 0 unspecified atom stereocenters. The number of aromatic nitrogens is 2. The molecule has 4 heterocycles. The fourth-order valence-corrected chi connectivity index (χ4v) is 6.32. The molecule has 2 aromatic carbocycles. The lowest BCUT2D eigenvalue weighted by molar-refractivity contribution is 0.187. The van der Waals surface area contributed by atoms with E-state index in [2.05, 4.69) is 39.2 Å². The van der Waals surface area contributed by atoms with Gasteiger partial charge in [0.05, 0.1) is 24.7 Å². The first-order valence-electron chi connectivity index (χ1n) is 14.0. The molecule has 0 bridgehead atoms. The summed E-state index contributed by atoms with van der Waals surface area (Å²) in [6, 6.07) is 12.8. The Kier molecular flexibility index (Phi) is 7.24. The minimum Gasteiger partial charge on any atom is -0.462 e. The van der Waals surface area contributed by atoms with E-state index in [0.29, 0.717) is 37.2 Å². The Morgan fingerprint density at radius 2 is 2.05 bits per heavy atom. The van der Waals surface area contributed by atoms with Crippen LogP contribution in [0.5, 0.6) is 6.01 Å². The summed E-state index contributed by atoms with van der Waals surface area (Å²) in [4.78, 5) is 16.8. The molecular formula is C30H36FN7O. The summed E-state index contributed by atoms with van der Waals surface area (Å²) < 4.78 is 20.8. The van der Waals surface area contributed by atoms with Crippen LogP contribution >= 0.6 is 0 Å². The first kappa shape index (κ1) is 25.8. The maximum absolute atomic E-state index is 14.6. The van der Waals surface area contributed by atoms with E-state index in [0.717, 1.165) is 79.1 Å². The third-order valence-electron chi connectivity index (χ3n) is 8.55. The highest BCUT2D eigenvalue weighted by atomic mass is 19.1. The minimum atomic E-state index is -0.185. The fraction of sp³-hybridized carbons (Fsp3) is 0.500. The van der Waals surface area contributed by atoms with Gasteiger partial charge in [-0.3, -0.25) is 0 Å². The van der Waals surface area contributed by atoms with E-state index < -0.39 is 0 Å². The molecule has 6 rings (SSSR count). The predicted octanol–water partition coefficient (Wildman–Crippen LogP) is 3.80. The van der Waals surface area contributed by atoms with Gasteiger partial charge < -0.3 is 24.8 Å². The second kappa shape index (κ2) is 10.9. The molecule has 2 saturated heterocycles. The van der Waals surface area contributed by atoms with Crippen molar-refractivity contribution in [1.82, 2.24) is 20.2 Å². The SMILES string of the molecule is Cc1c(F)ccc2cccc(N3CCc4c(nc(OC[C@@H]5CCCN5C)nc4N4CCN[C@@H](CC#N)C4)C3)c12. The molecule has 1 N–H and O–H groups in total. The van der Waals surface area contributed by atoms with E-state index in [9.17, 15) is 9.65 Å². The fourth-order valence-electron chi connectivity index (χ4n) is 6.32. The number of nitriles is 1. The number of halogens is 1. The summed E-state index contributed by atoms with van der Waals surface area (Å²) in [5, 5.41) is 14.7. The predicted molar refractivity (Wildman–Crippen MR) is 151 cm³/mol. The van der Waals surface area contributed by atoms with Gasteiger partial charge in [-0.05, 0) is 62.9 Å². The van der Waals surface area contributed by atoms with E-state index >= 15 is 0 Å². The highest BCUT2D eigenvalue weighted by molar-refractivity contribution is 5.97. The largest absolute Gasteiger partial charge is 0.462 e. The topological polar surface area (TPSA) is 80.6 Å². The zero-order valence-corrected chi connectivity index (χ0v) is 22.8. The Labute approximate surface area is 229 Å². The van der Waals surface area contributed by atoms with Crippen molar-refractivity contribution in [1.29, 1.82) is 5.26 Å². The van der Waals surface area contributed by atoms with E-state index in [4.69, 9.17) is 14.7 Å². The van der Waals surface area contributed by atoms with Crippen LogP contribution in [0, 0.1) is 24.1 Å². The lowest BCUT2D eigenvalue weighted by Crippen LogP contribution is -2.51. The first-order chi connectivity index (χ1) is 19.0. The molecule has 3 aromatic rings. The third kappa shape index (κ3) is 5.11. The highest BCUT2D eigenvalue weighted by Gasteiger charge is 2.30. The monoisotopic (exact) mass is 529 g/mol. The second-order valence-electron chi connectivity index (χ2n) is 11.0. The number of aryl methyl sites for hydroxylation is 1. The quantitative estimate of drug-likeness (QED) is 0.517. The summed E-state index contributed by atoms with van der Waals surface area (Å²) in [7, 11) is 2.14. The molecule has 39 heavy (non-hydrogen) atoms. The molecule has 0 amide bonds. The lowest BCUT2D eigenvalue weighted by Gasteiger charge is -2.37. The zero-order chi connectivity index (χ0) is 26.9. The second-order valence-corrected chi connectivity index (χ2v) is 11.0. The molecule has 0 aliphatic carbocycles. The summed E-state index contributed by atoms with van der Waals surface area (Å²) in [6.07, 6.45) is 3.55. The average molecular weight is 530 g/mol. The number of anilines is 2. The number of nitrogens with one attached hydrogen (secondary N) is 1. The zero-order valence-electron chi connectivity index (χ0n) is 22.8. The molecule has 2 fully saturated rings. The Hall–Kier alpha value is -3.48. The Balaban J connectivity index is 1.34. The Morgan fingerprint density at radius 3 is 2.87 bits per heavy atom. The summed E-state index contributed by atoms with van der Waals surface area (Å²) >= 11 is 0. The van der Waals surface area contributed by atoms with Crippen molar-refractivity contribution >= 4 is 22.3 Å². The van der Waals surface area contributed by atoms with Crippen molar-refractivity contribution in [3.05, 3.63) is 53.0 Å². The Morgan fingerprint density at radius 1 is 1.15 bits per heavy atom. The van der Waals surface area contributed by atoms with Gasteiger partial charge in [0.25, 0.3) is 0 Å². The van der Waals surface area contributed by atoms with Gasteiger partial charge in [0.15, 0.2) is 0 Å². The van der Waals surface area contributed by atoms with E-state index in [1.54, 1.807) is 6.07 Å². The number of hydrogen-bond acceptors (Lipinski definition) is 8. The molecule has 204 valence electrons. The number of likely N-dealkylation sites (tertiary alicyclic amines) is 1. The van der Waals surface area contributed by atoms with Crippen LogP contribution in [0.3, 0.4) is 0 Å². The van der Waals surface area contributed by atoms with Gasteiger partial charge in [0, 0.05) is 54.9 Å². The summed E-state index contributed by atoms with van der Waals surface area (Å²) in [5.41, 5.74) is 3.81. The number of hydrogen-bond donors (Lipinski definition) is 1. The van der Waals surface area contributed by atoms with Crippen molar-refractivity contribution in [3.63, 3.8) is 0 Å². The number of rotatable bonds is 6. The van der Waals surface area contributed by atoms with E-state index in [1.807, 2.05) is 25.1 Å². The molecule has 3 aliphatic heterocycles. The number of fused-ring (bicyclic) bond motifs is 2. The number of ether oxygens (including phenoxy) is 1. The summed E-state index contributed by atoms with van der Waals surface area (Å²) in [6.45, 7) is 7.26. The van der Waals surface area contributed by atoms with Crippen LogP contribution in [0.4, 0.5) is 15.9 Å². The molecular weight excluding hydrogens is 493 g/mol. The molecule has 2 atom stereocenters. The van der Waals surface area contributed by atoms with Crippen molar-refractivity contribution < 1.29 is 9.13 Å². The van der Waals surface area contributed by atoms with Crippen molar-refractivity contribution in [2.24, 2.45) is 0 Å². The van der Waals surface area contributed by atoms with Crippen LogP contribution in [0.1, 0.15) is 36.1 Å². The van der Waals surface area contributed by atoms with Crippen LogP contribution in [-0.2, 0) is 13.0 Å². The maximum Gasteiger partial charge on any atom is 0.318 e. The molecule has 0 saturated carbocycles. The van der Waals surface area contributed by atoms with Crippen LogP contribution in [0.25, 0.3) is 10.8 Å². The number of benzene rings is 2. The number of piperazine rings is 1. The van der Waals surface area contributed by atoms with Crippen LogP contribution in [-0.4, -0.2) is 73.3 Å². The van der Waals surface area contributed by atoms with Gasteiger partial charge in [-0.25, -0.2) is 4.39 Å². The van der Waals surface area contributed by atoms with Gasteiger partial charge in [-0.15, -0.1) is 0 Å². The number of likely N-dealkylation sites (N-methyl/N-ethyl adjacent to an activating group) is 1. The molecule has 3 aliphatic rings. The first-order valence-corrected chi connectivity index (χ1v) is 14.0. The van der Waals surface area contributed by atoms with Crippen molar-refractivity contribution in [3.8, 4) is 12.1 Å². The van der Waals surface area contributed by atoms with Crippen LogP contribution < -0.4 is 19.9 Å². The minimum absolute atomic E-state index is 0.111. The smallest absolute Gasteiger partial charge is 0.318 e. The average Bonchev–Trinajstić information content (AvgIpc) is 3.37. The molecule has 9 heteroatoms. The van der Waals surface area contributed by atoms with Crippen molar-refractivity contribution in [2.75, 3.05) is 56.2 Å². The van der Waals surface area contributed by atoms with Gasteiger partial charge in [0.2, 0.25) is 0 Å². The summed E-state index contributed by atoms with van der Waals surface area (Å²) in [5.74, 6) is 0.745. The van der Waals surface area contributed by atoms with Crippen molar-refractivity contribution in [2.45, 2.75) is 51.2 Å². The van der Waals surface area contributed by atoms with Gasteiger partial charge >= 0.3 is 6.01 Å². The normalized spacial score (nSPS) is 21.7. The van der Waals surface area contributed by atoms with Gasteiger partial charge in [0.1, 0.15) is 18.2 Å². The van der Waals surface area contributed by atoms with Crippen LogP contribution in [0.15, 0.2) is 30.3 Å². The number of nitrogens with zero attached hydrogens (tertiary/aromatic N) is 6. The molecule has 1 aromatic heterocycles. The maximum atomic E-state index is 14.6. The van der Waals surface area contributed by atoms with Gasteiger partial charge in [-0.2, -0.15) is 15.2 Å².